The molecule has 0 radical (unpaired) electrons. The summed E-state index contributed by atoms with van der Waals surface area (Å²) in [5.74, 6) is -0.635. The van der Waals surface area contributed by atoms with Crippen LogP contribution in [0.15, 0.2) is 77.7 Å². The molecule has 0 saturated carbocycles. The van der Waals surface area contributed by atoms with Crippen LogP contribution in [-0.2, 0) is 22.7 Å². The fraction of sp³-hybridized carbons (Fsp3) is 0.270. The molecule has 1 amide bonds. The predicted molar refractivity (Wildman–Crippen MR) is 191 cm³/mol. The number of aromatic nitrogens is 3. The number of methoxy groups -OCH3 is 1. The molecule has 0 aliphatic carbocycles. The molecule has 50 heavy (non-hydrogen) atoms. The number of carboxylic acids is 1. The summed E-state index contributed by atoms with van der Waals surface area (Å²) in [4.78, 5) is 47.1. The first-order valence-electron chi connectivity index (χ1n) is 16.3. The number of carboxylic acid groups (broad SMARTS) is 1. The number of nitrogens with zero attached hydrogens (tertiary/aromatic N) is 4. The van der Waals surface area contributed by atoms with Gasteiger partial charge in [0.15, 0.2) is 0 Å². The normalized spacial score (nSPS) is 16.4. The SMILES string of the molecule is COc1nc(-c2cccc(-c3cccc(-c4ccn5c(=O)cc(CN6CC(C(=O)O)C6)nc5c4)c3Cl)c2Cl)ccc1CNCC1CCC(=O)N1. The fourth-order valence-corrected chi connectivity index (χ4v) is 7.19. The standard InChI is InChI=1S/C37H34Cl2N6O5/c1-50-36-22(16-40-17-24-9-11-32(46)42-24)8-10-30(43-36)29-7-3-6-28(35(29)39)27-5-2-4-26(34(27)38)21-12-13-45-31(14-21)41-25(15-33(45)47)20-44-18-23(19-44)37(48)49/h2-8,10,12-15,23-24,40H,9,11,16-20H2,1H3,(H,42,46)(H,48,49). The lowest BCUT2D eigenvalue weighted by Crippen LogP contribution is -2.49. The lowest BCUT2D eigenvalue weighted by Gasteiger charge is -2.36. The average Bonchev–Trinajstić information content (AvgIpc) is 3.51. The molecule has 0 spiro atoms. The van der Waals surface area contributed by atoms with E-state index in [9.17, 15) is 19.5 Å². The van der Waals surface area contributed by atoms with E-state index < -0.39 is 11.9 Å². The minimum Gasteiger partial charge on any atom is -0.481 e. The first kappa shape index (κ1) is 33.7. The van der Waals surface area contributed by atoms with Crippen molar-refractivity contribution in [2.24, 2.45) is 5.92 Å². The van der Waals surface area contributed by atoms with Gasteiger partial charge in [-0.25, -0.2) is 9.97 Å². The van der Waals surface area contributed by atoms with Gasteiger partial charge in [-0.3, -0.25) is 23.7 Å². The Kier molecular flexibility index (Phi) is 9.56. The van der Waals surface area contributed by atoms with Crippen LogP contribution in [0.5, 0.6) is 5.88 Å². The number of halogens is 2. The van der Waals surface area contributed by atoms with Gasteiger partial charge in [-0.1, -0.05) is 65.7 Å². The molecule has 2 fully saturated rings. The largest absolute Gasteiger partial charge is 0.481 e. The van der Waals surface area contributed by atoms with E-state index >= 15 is 0 Å². The summed E-state index contributed by atoms with van der Waals surface area (Å²) >= 11 is 14.2. The Hall–Kier alpha value is -4.81. The molecule has 2 aliphatic heterocycles. The van der Waals surface area contributed by atoms with Crippen molar-refractivity contribution in [1.29, 1.82) is 0 Å². The number of nitrogens with one attached hydrogen (secondary N) is 2. The van der Waals surface area contributed by atoms with Gasteiger partial charge < -0.3 is 20.5 Å². The second-order valence-corrected chi connectivity index (χ2v) is 13.3. The molecule has 2 aromatic carbocycles. The van der Waals surface area contributed by atoms with Crippen LogP contribution in [0.3, 0.4) is 0 Å². The van der Waals surface area contributed by atoms with Crippen LogP contribution in [0, 0.1) is 5.92 Å². The third-order valence-corrected chi connectivity index (χ3v) is 10.0. The highest BCUT2D eigenvalue weighted by atomic mass is 35.5. The van der Waals surface area contributed by atoms with Gasteiger partial charge in [0.2, 0.25) is 11.8 Å². The topological polar surface area (TPSA) is 138 Å². The molecule has 5 aromatic rings. The Bertz CT molecular complexity index is 2180. The summed E-state index contributed by atoms with van der Waals surface area (Å²) in [6.07, 6.45) is 3.06. The van der Waals surface area contributed by atoms with Gasteiger partial charge in [-0.05, 0) is 30.2 Å². The number of rotatable bonds is 11. The number of carbonyl (C=O) groups is 2. The second-order valence-electron chi connectivity index (χ2n) is 12.6. The second kappa shape index (κ2) is 14.2. The highest BCUT2D eigenvalue weighted by Crippen LogP contribution is 2.42. The summed E-state index contributed by atoms with van der Waals surface area (Å²) in [6.45, 7) is 2.45. The first-order valence-corrected chi connectivity index (χ1v) is 17.0. The molecular formula is C37H34Cl2N6O5. The average molecular weight is 714 g/mol. The Morgan fingerprint density at radius 3 is 2.40 bits per heavy atom. The highest BCUT2D eigenvalue weighted by molar-refractivity contribution is 6.39. The molecule has 256 valence electrons. The van der Waals surface area contributed by atoms with E-state index in [1.807, 2.05) is 65.6 Å². The monoisotopic (exact) mass is 712 g/mol. The minimum atomic E-state index is -0.812. The van der Waals surface area contributed by atoms with Gasteiger partial charge in [-0.2, -0.15) is 0 Å². The van der Waals surface area contributed by atoms with E-state index in [0.717, 1.165) is 39.8 Å². The maximum absolute atomic E-state index is 12.9. The fourth-order valence-electron chi connectivity index (χ4n) is 6.53. The zero-order chi connectivity index (χ0) is 34.9. The molecule has 5 heterocycles. The molecular weight excluding hydrogens is 679 g/mol. The summed E-state index contributed by atoms with van der Waals surface area (Å²) < 4.78 is 7.11. The number of benzene rings is 2. The van der Waals surface area contributed by atoms with Crippen LogP contribution >= 0.6 is 23.2 Å². The van der Waals surface area contributed by atoms with Crippen LogP contribution in [0.25, 0.3) is 39.2 Å². The van der Waals surface area contributed by atoms with Crippen molar-refractivity contribution in [2.45, 2.75) is 32.0 Å². The number of amides is 1. The zero-order valence-electron chi connectivity index (χ0n) is 27.2. The summed E-state index contributed by atoms with van der Waals surface area (Å²) in [5.41, 5.74) is 6.04. The van der Waals surface area contributed by atoms with Gasteiger partial charge in [0.05, 0.1) is 34.5 Å². The maximum atomic E-state index is 12.9. The predicted octanol–water partition coefficient (Wildman–Crippen LogP) is 5.29. The highest BCUT2D eigenvalue weighted by Gasteiger charge is 2.32. The Balaban J connectivity index is 1.14. The Labute approximate surface area is 297 Å². The lowest BCUT2D eigenvalue weighted by molar-refractivity contribution is -0.147. The molecule has 7 rings (SSSR count). The molecule has 2 aliphatic rings. The van der Waals surface area contributed by atoms with Gasteiger partial charge in [0, 0.05) is 85.3 Å². The number of fused-ring (bicyclic) bond motifs is 1. The summed E-state index contributed by atoms with van der Waals surface area (Å²) in [6, 6.07) is 20.6. The lowest BCUT2D eigenvalue weighted by atomic mass is 9.97. The zero-order valence-corrected chi connectivity index (χ0v) is 28.7. The molecule has 2 saturated heterocycles. The van der Waals surface area contributed by atoms with Crippen LogP contribution in [0.2, 0.25) is 10.0 Å². The quantitative estimate of drug-likeness (QED) is 0.167. The van der Waals surface area contributed by atoms with Crippen LogP contribution in [-0.4, -0.2) is 69.0 Å². The van der Waals surface area contributed by atoms with Gasteiger partial charge in [-0.15, -0.1) is 0 Å². The first-order chi connectivity index (χ1) is 24.2. The molecule has 13 heteroatoms. The summed E-state index contributed by atoms with van der Waals surface area (Å²) in [5, 5.41) is 16.5. The van der Waals surface area contributed by atoms with Crippen molar-refractivity contribution >= 4 is 40.7 Å². The number of carbonyl (C=O) groups excluding carboxylic acids is 1. The van der Waals surface area contributed by atoms with E-state index in [2.05, 4.69) is 10.6 Å². The van der Waals surface area contributed by atoms with Crippen molar-refractivity contribution in [1.82, 2.24) is 29.9 Å². The van der Waals surface area contributed by atoms with Crippen LogP contribution in [0.1, 0.15) is 24.1 Å². The summed E-state index contributed by atoms with van der Waals surface area (Å²) in [7, 11) is 1.58. The molecule has 3 N–H and O–H groups in total. The molecule has 3 aromatic heterocycles. The molecule has 0 bridgehead atoms. The number of hydrogen-bond donors (Lipinski definition) is 3. The van der Waals surface area contributed by atoms with E-state index in [4.69, 9.17) is 37.9 Å². The van der Waals surface area contributed by atoms with Crippen molar-refractivity contribution in [2.75, 3.05) is 26.7 Å². The van der Waals surface area contributed by atoms with Crippen molar-refractivity contribution in [3.05, 3.63) is 105 Å². The third-order valence-electron chi connectivity index (χ3n) is 9.21. The maximum Gasteiger partial charge on any atom is 0.309 e. The number of pyridine rings is 2. The van der Waals surface area contributed by atoms with E-state index in [-0.39, 0.29) is 17.5 Å². The molecule has 11 nitrogen and oxygen atoms in total. The Morgan fingerprint density at radius 2 is 1.70 bits per heavy atom. The van der Waals surface area contributed by atoms with Crippen molar-refractivity contribution < 1.29 is 19.4 Å². The van der Waals surface area contributed by atoms with Crippen molar-refractivity contribution in [3.8, 4) is 39.4 Å². The van der Waals surface area contributed by atoms with E-state index in [1.165, 1.54) is 10.5 Å². The number of hydrogen-bond acceptors (Lipinski definition) is 8. The number of aliphatic carboxylic acids is 1. The third kappa shape index (κ3) is 6.82. The Morgan fingerprint density at radius 1 is 0.980 bits per heavy atom. The van der Waals surface area contributed by atoms with Crippen molar-refractivity contribution in [3.63, 3.8) is 0 Å². The van der Waals surface area contributed by atoms with E-state index in [1.54, 1.807) is 13.3 Å². The molecule has 1 unspecified atom stereocenters. The van der Waals surface area contributed by atoms with Gasteiger partial charge in [0.25, 0.3) is 5.56 Å². The van der Waals surface area contributed by atoms with Gasteiger partial charge >= 0.3 is 5.97 Å². The number of ether oxygens (including phenoxy) is 1. The smallest absolute Gasteiger partial charge is 0.309 e. The van der Waals surface area contributed by atoms with E-state index in [0.29, 0.717) is 72.1 Å². The minimum absolute atomic E-state index is 0.0870. The number of likely N-dealkylation sites (tertiary alicyclic amines) is 1. The van der Waals surface area contributed by atoms with Crippen LogP contribution < -0.4 is 20.9 Å². The van der Waals surface area contributed by atoms with Crippen LogP contribution in [0.4, 0.5) is 0 Å². The molecule has 1 atom stereocenters. The van der Waals surface area contributed by atoms with Gasteiger partial charge in [0.1, 0.15) is 5.65 Å².